The SMILES string of the molecule is CC(C)Oc1ncccc1C(=O)N(C(C)C)C1CCOCC1. The van der Waals surface area contributed by atoms with Gasteiger partial charge >= 0.3 is 0 Å². The molecule has 1 aliphatic heterocycles. The Hall–Kier alpha value is -1.62. The molecule has 1 aliphatic rings. The fourth-order valence-electron chi connectivity index (χ4n) is 2.80. The molecule has 0 unspecified atom stereocenters. The van der Waals surface area contributed by atoms with Crippen molar-refractivity contribution in [1.29, 1.82) is 0 Å². The van der Waals surface area contributed by atoms with Crippen LogP contribution in [0, 0.1) is 0 Å². The van der Waals surface area contributed by atoms with Crippen LogP contribution >= 0.6 is 0 Å². The average Bonchev–Trinajstić information content (AvgIpc) is 2.48. The van der Waals surface area contributed by atoms with Crippen LogP contribution in [0.15, 0.2) is 18.3 Å². The van der Waals surface area contributed by atoms with Crippen molar-refractivity contribution in [2.75, 3.05) is 13.2 Å². The van der Waals surface area contributed by atoms with Crippen LogP contribution in [0.4, 0.5) is 0 Å². The lowest BCUT2D eigenvalue weighted by atomic mass is 10.0. The van der Waals surface area contributed by atoms with Crippen LogP contribution in [0.1, 0.15) is 50.9 Å². The molecule has 0 bridgehead atoms. The molecule has 1 amide bonds. The van der Waals surface area contributed by atoms with Crippen molar-refractivity contribution in [2.24, 2.45) is 0 Å². The Morgan fingerprint density at radius 3 is 2.59 bits per heavy atom. The second-order valence-electron chi connectivity index (χ2n) is 6.17. The Kier molecular flexibility index (Phi) is 5.77. The number of carbonyl (C=O) groups excluding carboxylic acids is 1. The summed E-state index contributed by atoms with van der Waals surface area (Å²) in [5.74, 6) is 0.408. The van der Waals surface area contributed by atoms with E-state index < -0.39 is 0 Å². The highest BCUT2D eigenvalue weighted by Crippen LogP contribution is 2.24. The predicted octanol–water partition coefficient (Wildman–Crippen LogP) is 2.90. The molecule has 0 radical (unpaired) electrons. The molecule has 1 aromatic heterocycles. The quantitative estimate of drug-likeness (QED) is 0.839. The van der Waals surface area contributed by atoms with Gasteiger partial charge in [0.05, 0.1) is 6.10 Å². The Morgan fingerprint density at radius 1 is 1.32 bits per heavy atom. The highest BCUT2D eigenvalue weighted by molar-refractivity contribution is 5.96. The Bertz CT molecular complexity index is 496. The maximum absolute atomic E-state index is 13.1. The van der Waals surface area contributed by atoms with Crippen molar-refractivity contribution >= 4 is 5.91 Å². The molecule has 0 spiro atoms. The lowest BCUT2D eigenvalue weighted by molar-refractivity contribution is 0.0203. The van der Waals surface area contributed by atoms with Crippen LogP contribution in [0.3, 0.4) is 0 Å². The van der Waals surface area contributed by atoms with Crippen molar-refractivity contribution in [3.05, 3.63) is 23.9 Å². The molecule has 122 valence electrons. The minimum Gasteiger partial charge on any atom is -0.474 e. The number of hydrogen-bond acceptors (Lipinski definition) is 4. The summed E-state index contributed by atoms with van der Waals surface area (Å²) >= 11 is 0. The van der Waals surface area contributed by atoms with Gasteiger partial charge < -0.3 is 14.4 Å². The van der Waals surface area contributed by atoms with Gasteiger partial charge in [-0.3, -0.25) is 4.79 Å². The lowest BCUT2D eigenvalue weighted by Gasteiger charge is -2.37. The van der Waals surface area contributed by atoms with Crippen LogP contribution < -0.4 is 4.74 Å². The van der Waals surface area contributed by atoms with E-state index in [1.807, 2.05) is 32.6 Å². The number of nitrogens with zero attached hydrogens (tertiary/aromatic N) is 2. The van der Waals surface area contributed by atoms with E-state index in [0.29, 0.717) is 24.7 Å². The maximum Gasteiger partial charge on any atom is 0.259 e. The summed E-state index contributed by atoms with van der Waals surface area (Å²) in [7, 11) is 0. The standard InChI is InChI=1S/C17H26N2O3/c1-12(2)19(14-7-10-21-11-8-14)17(20)15-6-5-9-18-16(15)22-13(3)4/h5-6,9,12-14H,7-8,10-11H2,1-4H3. The monoisotopic (exact) mass is 306 g/mol. The zero-order chi connectivity index (χ0) is 16.1. The van der Waals surface area contributed by atoms with Crippen LogP contribution in [0.5, 0.6) is 5.88 Å². The van der Waals surface area contributed by atoms with Gasteiger partial charge in [0.2, 0.25) is 5.88 Å². The van der Waals surface area contributed by atoms with Crippen molar-refractivity contribution in [2.45, 2.75) is 58.7 Å². The Morgan fingerprint density at radius 2 is 2.00 bits per heavy atom. The fourth-order valence-corrected chi connectivity index (χ4v) is 2.80. The molecule has 0 aromatic carbocycles. The van der Waals surface area contributed by atoms with Gasteiger partial charge in [0.1, 0.15) is 5.56 Å². The Balaban J connectivity index is 2.27. The number of ether oxygens (including phenoxy) is 2. The van der Waals surface area contributed by atoms with Gasteiger partial charge in [-0.15, -0.1) is 0 Å². The van der Waals surface area contributed by atoms with Gasteiger partial charge in [-0.2, -0.15) is 0 Å². The molecular weight excluding hydrogens is 280 g/mol. The summed E-state index contributed by atoms with van der Waals surface area (Å²) < 4.78 is 11.1. The normalized spacial score (nSPS) is 16.1. The molecule has 0 saturated carbocycles. The van der Waals surface area contributed by atoms with E-state index in [1.165, 1.54) is 0 Å². The summed E-state index contributed by atoms with van der Waals surface area (Å²) in [6.07, 6.45) is 3.40. The molecule has 1 saturated heterocycles. The second-order valence-corrected chi connectivity index (χ2v) is 6.17. The molecular formula is C17H26N2O3. The van der Waals surface area contributed by atoms with Gasteiger partial charge in [-0.1, -0.05) is 0 Å². The van der Waals surface area contributed by atoms with Gasteiger partial charge in [0.15, 0.2) is 0 Å². The van der Waals surface area contributed by atoms with Gasteiger partial charge in [0.25, 0.3) is 5.91 Å². The maximum atomic E-state index is 13.1. The lowest BCUT2D eigenvalue weighted by Crippen LogP contribution is -2.47. The first kappa shape index (κ1) is 16.7. The third-order valence-corrected chi connectivity index (χ3v) is 3.72. The third-order valence-electron chi connectivity index (χ3n) is 3.72. The molecule has 1 fully saturated rings. The van der Waals surface area contributed by atoms with Gasteiger partial charge in [0, 0.05) is 31.5 Å². The number of hydrogen-bond donors (Lipinski definition) is 0. The molecule has 5 heteroatoms. The van der Waals surface area contributed by atoms with Crippen molar-refractivity contribution in [3.8, 4) is 5.88 Å². The number of carbonyl (C=O) groups is 1. The van der Waals surface area contributed by atoms with E-state index in [0.717, 1.165) is 12.8 Å². The molecule has 0 aliphatic carbocycles. The van der Waals surface area contributed by atoms with E-state index in [2.05, 4.69) is 4.98 Å². The summed E-state index contributed by atoms with van der Waals surface area (Å²) in [6.45, 7) is 9.38. The number of pyridine rings is 1. The number of aromatic nitrogens is 1. The van der Waals surface area contributed by atoms with Crippen LogP contribution in [-0.4, -0.2) is 47.2 Å². The first-order valence-electron chi connectivity index (χ1n) is 8.02. The third kappa shape index (κ3) is 3.97. The zero-order valence-electron chi connectivity index (χ0n) is 13.9. The predicted molar refractivity (Wildman–Crippen MR) is 85.1 cm³/mol. The molecule has 5 nitrogen and oxygen atoms in total. The highest BCUT2D eigenvalue weighted by atomic mass is 16.5. The largest absolute Gasteiger partial charge is 0.474 e. The first-order chi connectivity index (χ1) is 10.5. The summed E-state index contributed by atoms with van der Waals surface area (Å²) in [6, 6.07) is 3.92. The summed E-state index contributed by atoms with van der Waals surface area (Å²) in [5.41, 5.74) is 0.538. The highest BCUT2D eigenvalue weighted by Gasteiger charge is 2.30. The molecule has 2 heterocycles. The summed E-state index contributed by atoms with van der Waals surface area (Å²) in [4.78, 5) is 19.2. The fraction of sp³-hybridized carbons (Fsp3) is 0.647. The van der Waals surface area contributed by atoms with E-state index in [4.69, 9.17) is 9.47 Å². The first-order valence-corrected chi connectivity index (χ1v) is 8.02. The van der Waals surface area contributed by atoms with Crippen LogP contribution in [0.25, 0.3) is 0 Å². The molecule has 22 heavy (non-hydrogen) atoms. The van der Waals surface area contributed by atoms with Crippen molar-refractivity contribution in [3.63, 3.8) is 0 Å². The summed E-state index contributed by atoms with van der Waals surface area (Å²) in [5, 5.41) is 0. The smallest absolute Gasteiger partial charge is 0.259 e. The minimum atomic E-state index is -0.0166. The molecule has 0 N–H and O–H groups in total. The van der Waals surface area contributed by atoms with Gasteiger partial charge in [-0.05, 0) is 52.7 Å². The zero-order valence-corrected chi connectivity index (χ0v) is 13.9. The molecule has 1 aromatic rings. The molecule has 0 atom stereocenters. The number of amides is 1. The van der Waals surface area contributed by atoms with E-state index >= 15 is 0 Å². The minimum absolute atomic E-state index is 0.00866. The van der Waals surface area contributed by atoms with E-state index in [9.17, 15) is 4.79 Å². The molecule has 2 rings (SSSR count). The van der Waals surface area contributed by atoms with Gasteiger partial charge in [-0.25, -0.2) is 4.98 Å². The number of rotatable bonds is 5. The van der Waals surface area contributed by atoms with E-state index in [1.54, 1.807) is 18.3 Å². The average molecular weight is 306 g/mol. The topological polar surface area (TPSA) is 51.7 Å². The van der Waals surface area contributed by atoms with Crippen LogP contribution in [-0.2, 0) is 4.74 Å². The van der Waals surface area contributed by atoms with Crippen molar-refractivity contribution < 1.29 is 14.3 Å². The van der Waals surface area contributed by atoms with Crippen molar-refractivity contribution in [1.82, 2.24) is 9.88 Å². The Labute approximate surface area is 132 Å². The van der Waals surface area contributed by atoms with E-state index in [-0.39, 0.29) is 24.1 Å². The second kappa shape index (κ2) is 7.58. The van der Waals surface area contributed by atoms with Crippen LogP contribution in [0.2, 0.25) is 0 Å².